The summed E-state index contributed by atoms with van der Waals surface area (Å²) in [4.78, 5) is 3.97. The fraction of sp³-hybridized carbons (Fsp3) is 0.556. The highest BCUT2D eigenvalue weighted by Crippen LogP contribution is 2.44. The van der Waals surface area contributed by atoms with Gasteiger partial charge in [0.15, 0.2) is 0 Å². The molecule has 0 aliphatic heterocycles. The van der Waals surface area contributed by atoms with E-state index in [0.29, 0.717) is 18.8 Å². The minimum Gasteiger partial charge on any atom is -0.498 e. The third kappa shape index (κ3) is 6.42. The number of aliphatic imine (C=N–C) groups is 1. The summed E-state index contributed by atoms with van der Waals surface area (Å²) in [6.07, 6.45) is 11.7. The molecule has 1 saturated carbocycles. The Morgan fingerprint density at radius 1 is 1.50 bits per heavy atom. The molecule has 0 bridgehead atoms. The average Bonchev–Trinajstić information content (AvgIpc) is 3.06. The molecule has 1 aromatic rings. The van der Waals surface area contributed by atoms with Gasteiger partial charge in [-0.15, -0.1) is 0 Å². The van der Waals surface area contributed by atoms with Gasteiger partial charge in [0.2, 0.25) is 10.0 Å². The predicted molar refractivity (Wildman–Crippen MR) is 104 cm³/mol. The van der Waals surface area contributed by atoms with Crippen molar-refractivity contribution in [2.24, 2.45) is 10.4 Å². The van der Waals surface area contributed by atoms with Crippen LogP contribution in [0.4, 0.5) is 0 Å². The van der Waals surface area contributed by atoms with Crippen molar-refractivity contribution in [3.8, 4) is 0 Å². The van der Waals surface area contributed by atoms with Crippen LogP contribution in [0.25, 0.3) is 5.70 Å². The molecule has 0 radical (unpaired) electrons. The van der Waals surface area contributed by atoms with E-state index in [2.05, 4.69) is 26.6 Å². The summed E-state index contributed by atoms with van der Waals surface area (Å²) < 4.78 is 31.0. The van der Waals surface area contributed by atoms with Gasteiger partial charge in [0.05, 0.1) is 30.0 Å². The lowest BCUT2D eigenvalue weighted by molar-refractivity contribution is 0.104. The molecule has 7 nitrogen and oxygen atoms in total. The van der Waals surface area contributed by atoms with E-state index < -0.39 is 10.0 Å². The Kier molecular flexibility index (Phi) is 7.16. The van der Waals surface area contributed by atoms with Crippen LogP contribution in [-0.4, -0.2) is 44.7 Å². The first-order valence-electron chi connectivity index (χ1n) is 8.76. The molecule has 2 rings (SSSR count). The Labute approximate surface area is 155 Å². The third-order valence-corrected chi connectivity index (χ3v) is 5.40. The van der Waals surface area contributed by atoms with Gasteiger partial charge >= 0.3 is 0 Å². The second kappa shape index (κ2) is 9.14. The summed E-state index contributed by atoms with van der Waals surface area (Å²) in [5, 5.41) is 6.74. The van der Waals surface area contributed by atoms with E-state index in [9.17, 15) is 8.42 Å². The maximum absolute atomic E-state index is 11.3. The van der Waals surface area contributed by atoms with E-state index in [1.54, 1.807) is 6.20 Å². The first-order valence-corrected chi connectivity index (χ1v) is 10.7. The fourth-order valence-corrected chi connectivity index (χ4v) is 3.60. The Hall–Kier alpha value is -1.93. The zero-order chi connectivity index (χ0) is 19.0. The Morgan fingerprint density at radius 3 is 2.81 bits per heavy atom. The van der Waals surface area contributed by atoms with E-state index >= 15 is 0 Å². The smallest absolute Gasteiger partial charge is 0.208 e. The number of rotatable bonds is 11. The lowest BCUT2D eigenvalue weighted by Crippen LogP contribution is -2.41. The molecule has 26 heavy (non-hydrogen) atoms. The van der Waals surface area contributed by atoms with Gasteiger partial charge in [-0.05, 0) is 63.0 Å². The van der Waals surface area contributed by atoms with Gasteiger partial charge in [0.25, 0.3) is 0 Å². The van der Waals surface area contributed by atoms with Crippen LogP contribution >= 0.6 is 0 Å². The second-order valence-corrected chi connectivity index (χ2v) is 8.69. The highest BCUT2D eigenvalue weighted by molar-refractivity contribution is 7.88. The summed E-state index contributed by atoms with van der Waals surface area (Å²) in [5.41, 5.74) is 1.60. The van der Waals surface area contributed by atoms with Gasteiger partial charge in [-0.3, -0.25) is 10.1 Å². The molecule has 0 spiro atoms. The van der Waals surface area contributed by atoms with E-state index in [-0.39, 0.29) is 5.41 Å². The standard InChI is InChI=1S/C18H28N4O3S/c1-15(6-7-16(19-2)17-8-12-20-22-17)25-13-5-11-18(9-4-10-18)14-21-26(3,23)24/h6-8,12,21H,2,4-5,9-11,13-14H2,1,3H3,(H,20,22)/b15-6+,16-7-. The number of hydrogen-bond acceptors (Lipinski definition) is 5. The van der Waals surface area contributed by atoms with Crippen molar-refractivity contribution >= 4 is 22.4 Å². The summed E-state index contributed by atoms with van der Waals surface area (Å²) >= 11 is 0. The third-order valence-electron chi connectivity index (χ3n) is 4.73. The number of ether oxygens (including phenoxy) is 1. The van der Waals surface area contributed by atoms with E-state index in [4.69, 9.17) is 4.74 Å². The van der Waals surface area contributed by atoms with Gasteiger partial charge in [0, 0.05) is 12.7 Å². The van der Waals surface area contributed by atoms with Crippen LogP contribution in [0.3, 0.4) is 0 Å². The van der Waals surface area contributed by atoms with Crippen LogP contribution in [0.1, 0.15) is 44.7 Å². The van der Waals surface area contributed by atoms with Crippen molar-refractivity contribution in [2.45, 2.75) is 39.0 Å². The van der Waals surface area contributed by atoms with E-state index in [1.165, 1.54) is 12.7 Å². The summed E-state index contributed by atoms with van der Waals surface area (Å²) in [7, 11) is -3.13. The van der Waals surface area contributed by atoms with Crippen molar-refractivity contribution in [3.63, 3.8) is 0 Å². The Balaban J connectivity index is 1.77. The zero-order valence-electron chi connectivity index (χ0n) is 15.5. The highest BCUT2D eigenvalue weighted by Gasteiger charge is 2.36. The minimum atomic E-state index is -3.13. The normalized spacial score (nSPS) is 17.6. The molecule has 8 heteroatoms. The quantitative estimate of drug-likeness (QED) is 0.267. The molecular formula is C18H28N4O3S. The minimum absolute atomic E-state index is 0.102. The monoisotopic (exact) mass is 380 g/mol. The molecule has 0 saturated heterocycles. The highest BCUT2D eigenvalue weighted by atomic mass is 32.2. The SMILES string of the molecule is C=N/C(=C\C=C(/C)OCCCC1(CNS(C)(=O)=O)CCC1)c1ccn[nH]1. The van der Waals surface area contributed by atoms with Gasteiger partial charge < -0.3 is 4.74 Å². The molecule has 0 amide bonds. The summed E-state index contributed by atoms with van der Waals surface area (Å²) in [6.45, 7) is 6.60. The number of sulfonamides is 1. The second-order valence-electron chi connectivity index (χ2n) is 6.86. The van der Waals surface area contributed by atoms with Crippen molar-refractivity contribution in [1.29, 1.82) is 0 Å². The van der Waals surface area contributed by atoms with Gasteiger partial charge in [-0.25, -0.2) is 13.1 Å². The molecule has 144 valence electrons. The molecule has 0 aromatic carbocycles. The van der Waals surface area contributed by atoms with Crippen LogP contribution < -0.4 is 4.72 Å². The van der Waals surface area contributed by atoms with Crippen molar-refractivity contribution in [1.82, 2.24) is 14.9 Å². The van der Waals surface area contributed by atoms with Crippen molar-refractivity contribution in [2.75, 3.05) is 19.4 Å². The number of aromatic nitrogens is 2. The largest absolute Gasteiger partial charge is 0.498 e. The number of aromatic amines is 1. The molecule has 1 fully saturated rings. The lowest BCUT2D eigenvalue weighted by Gasteiger charge is -2.42. The molecule has 1 aromatic heterocycles. The molecule has 0 unspecified atom stereocenters. The number of hydrogen-bond donors (Lipinski definition) is 2. The number of allylic oxidation sites excluding steroid dienone is 3. The van der Waals surface area contributed by atoms with E-state index in [1.807, 2.05) is 25.1 Å². The molecule has 1 heterocycles. The zero-order valence-corrected chi connectivity index (χ0v) is 16.3. The van der Waals surface area contributed by atoms with Gasteiger partial charge in [-0.1, -0.05) is 6.42 Å². The fourth-order valence-electron chi connectivity index (χ4n) is 3.03. The van der Waals surface area contributed by atoms with E-state index in [0.717, 1.165) is 37.1 Å². The van der Waals surface area contributed by atoms with Crippen molar-refractivity contribution < 1.29 is 13.2 Å². The summed E-state index contributed by atoms with van der Waals surface area (Å²) in [5.74, 6) is 0.794. The Morgan fingerprint density at radius 2 is 2.27 bits per heavy atom. The van der Waals surface area contributed by atoms with Crippen LogP contribution in [0.5, 0.6) is 0 Å². The maximum Gasteiger partial charge on any atom is 0.208 e. The predicted octanol–water partition coefficient (Wildman–Crippen LogP) is 2.87. The first kappa shape index (κ1) is 20.4. The first-order chi connectivity index (χ1) is 12.3. The average molecular weight is 381 g/mol. The number of nitrogens with zero attached hydrogens (tertiary/aromatic N) is 2. The van der Waals surface area contributed by atoms with Crippen molar-refractivity contribution in [3.05, 3.63) is 35.9 Å². The number of nitrogens with one attached hydrogen (secondary N) is 2. The molecule has 2 N–H and O–H groups in total. The molecule has 1 aliphatic rings. The van der Waals surface area contributed by atoms with Crippen LogP contribution in [0, 0.1) is 5.41 Å². The maximum atomic E-state index is 11.3. The molecular weight excluding hydrogens is 352 g/mol. The Bertz CT molecular complexity index is 747. The topological polar surface area (TPSA) is 96.4 Å². The van der Waals surface area contributed by atoms with Gasteiger partial charge in [0.1, 0.15) is 0 Å². The van der Waals surface area contributed by atoms with Crippen LogP contribution in [0.2, 0.25) is 0 Å². The van der Waals surface area contributed by atoms with Crippen LogP contribution in [0.15, 0.2) is 35.2 Å². The number of H-pyrrole nitrogens is 1. The summed E-state index contributed by atoms with van der Waals surface area (Å²) in [6, 6.07) is 1.83. The van der Waals surface area contributed by atoms with Crippen LogP contribution in [-0.2, 0) is 14.8 Å². The molecule has 0 atom stereocenters. The molecule has 1 aliphatic carbocycles. The van der Waals surface area contributed by atoms with Gasteiger partial charge in [-0.2, -0.15) is 5.10 Å². The lowest BCUT2D eigenvalue weighted by atomic mass is 9.66.